The highest BCUT2D eigenvalue weighted by Gasteiger charge is 2.17. The van der Waals surface area contributed by atoms with Gasteiger partial charge in [0.2, 0.25) is 0 Å². The lowest BCUT2D eigenvalue weighted by molar-refractivity contribution is 0.102. The number of pyridine rings is 1. The molecule has 0 unspecified atom stereocenters. The molecule has 3 aromatic rings. The summed E-state index contributed by atoms with van der Waals surface area (Å²) in [5.41, 5.74) is 4.37. The van der Waals surface area contributed by atoms with Gasteiger partial charge in [-0.05, 0) is 41.3 Å². The Morgan fingerprint density at radius 3 is 2.54 bits per heavy atom. The van der Waals surface area contributed by atoms with Crippen LogP contribution in [0, 0.1) is 11.3 Å². The minimum absolute atomic E-state index is 0.0161. The maximum Gasteiger partial charge on any atom is 0.257 e. The van der Waals surface area contributed by atoms with Crippen LogP contribution in [-0.2, 0) is 5.41 Å². The van der Waals surface area contributed by atoms with Crippen molar-refractivity contribution in [3.63, 3.8) is 0 Å². The molecular formula is C23H22N4O. The van der Waals surface area contributed by atoms with Gasteiger partial charge >= 0.3 is 0 Å². The molecule has 0 atom stereocenters. The molecule has 0 aliphatic heterocycles. The molecule has 0 aliphatic rings. The molecule has 0 aliphatic carbocycles. The highest BCUT2D eigenvalue weighted by atomic mass is 16.1. The summed E-state index contributed by atoms with van der Waals surface area (Å²) in [6, 6.07) is 18.7. The maximum absolute atomic E-state index is 12.6. The first-order valence-electron chi connectivity index (χ1n) is 9.00. The third-order valence-corrected chi connectivity index (χ3v) is 4.26. The topological polar surface area (TPSA) is 77.8 Å². The van der Waals surface area contributed by atoms with Crippen molar-refractivity contribution in [2.45, 2.75) is 26.2 Å². The van der Waals surface area contributed by atoms with Crippen molar-refractivity contribution in [2.24, 2.45) is 0 Å². The Hall–Kier alpha value is -3.65. The molecule has 1 amide bonds. The van der Waals surface area contributed by atoms with Crippen LogP contribution in [0.1, 0.15) is 42.3 Å². The number of aromatic nitrogens is 1. The number of nitriles is 1. The fourth-order valence-electron chi connectivity index (χ4n) is 2.90. The highest BCUT2D eigenvalue weighted by molar-refractivity contribution is 6.04. The van der Waals surface area contributed by atoms with Crippen molar-refractivity contribution in [1.82, 2.24) is 4.98 Å². The Labute approximate surface area is 165 Å². The zero-order chi connectivity index (χ0) is 20.1. The predicted octanol–water partition coefficient (Wildman–Crippen LogP) is 5.25. The number of amides is 1. The number of carbonyl (C=O) groups is 1. The van der Waals surface area contributed by atoms with E-state index in [1.165, 1.54) is 11.8 Å². The standard InChI is InChI=1S/C23H22N4O/c1-23(2,3)20-9-4-5-10-21(20)26-19-12-17(14-25-15-19)22(28)27-18-8-6-7-16(11-18)13-24/h4-12,14-15,26H,1-3H3,(H,27,28). The zero-order valence-corrected chi connectivity index (χ0v) is 16.2. The number of carbonyl (C=O) groups excluding carboxylic acids is 1. The van der Waals surface area contributed by atoms with Gasteiger partial charge in [0.25, 0.3) is 5.91 Å². The van der Waals surface area contributed by atoms with Gasteiger partial charge in [-0.25, -0.2) is 0 Å². The van der Waals surface area contributed by atoms with E-state index < -0.39 is 0 Å². The van der Waals surface area contributed by atoms with Crippen LogP contribution in [-0.4, -0.2) is 10.9 Å². The van der Waals surface area contributed by atoms with E-state index in [1.807, 2.05) is 18.2 Å². The molecule has 28 heavy (non-hydrogen) atoms. The van der Waals surface area contributed by atoms with Gasteiger partial charge < -0.3 is 10.6 Å². The molecule has 140 valence electrons. The summed E-state index contributed by atoms with van der Waals surface area (Å²) in [5.74, 6) is -0.282. The normalized spacial score (nSPS) is 10.8. The van der Waals surface area contributed by atoms with Crippen LogP contribution in [0.3, 0.4) is 0 Å². The van der Waals surface area contributed by atoms with E-state index in [9.17, 15) is 4.79 Å². The van der Waals surface area contributed by atoms with E-state index in [4.69, 9.17) is 5.26 Å². The first-order valence-corrected chi connectivity index (χ1v) is 9.00. The molecule has 0 radical (unpaired) electrons. The van der Waals surface area contributed by atoms with Crippen molar-refractivity contribution in [3.05, 3.63) is 83.7 Å². The van der Waals surface area contributed by atoms with E-state index in [-0.39, 0.29) is 11.3 Å². The molecule has 3 rings (SSSR count). The third-order valence-electron chi connectivity index (χ3n) is 4.26. The molecule has 5 heteroatoms. The Morgan fingerprint density at radius 1 is 1.00 bits per heavy atom. The lowest BCUT2D eigenvalue weighted by Gasteiger charge is -2.23. The van der Waals surface area contributed by atoms with E-state index in [1.54, 1.807) is 36.5 Å². The molecular weight excluding hydrogens is 348 g/mol. The Kier molecular flexibility index (Phi) is 5.42. The SMILES string of the molecule is CC(C)(C)c1ccccc1Nc1cncc(C(=O)Nc2cccc(C#N)c2)c1. The highest BCUT2D eigenvalue weighted by Crippen LogP contribution is 2.31. The van der Waals surface area contributed by atoms with Gasteiger partial charge in [0.1, 0.15) is 0 Å². The summed E-state index contributed by atoms with van der Waals surface area (Å²) in [6.07, 6.45) is 3.21. The average Bonchev–Trinajstić information content (AvgIpc) is 2.68. The van der Waals surface area contributed by atoms with Crippen LogP contribution in [0.5, 0.6) is 0 Å². The Bertz CT molecular complexity index is 1040. The summed E-state index contributed by atoms with van der Waals surface area (Å²) in [4.78, 5) is 16.8. The fourth-order valence-corrected chi connectivity index (χ4v) is 2.90. The Morgan fingerprint density at radius 2 is 1.79 bits per heavy atom. The number of hydrogen-bond donors (Lipinski definition) is 2. The van der Waals surface area contributed by atoms with Crippen LogP contribution in [0.15, 0.2) is 67.0 Å². The van der Waals surface area contributed by atoms with E-state index in [2.05, 4.69) is 48.5 Å². The van der Waals surface area contributed by atoms with Crippen LogP contribution in [0.4, 0.5) is 17.1 Å². The van der Waals surface area contributed by atoms with Gasteiger partial charge in [0, 0.05) is 17.6 Å². The lowest BCUT2D eigenvalue weighted by Crippen LogP contribution is -2.14. The smallest absolute Gasteiger partial charge is 0.257 e. The van der Waals surface area contributed by atoms with Gasteiger partial charge in [-0.2, -0.15) is 5.26 Å². The predicted molar refractivity (Wildman–Crippen MR) is 112 cm³/mol. The van der Waals surface area contributed by atoms with Crippen molar-refractivity contribution < 1.29 is 4.79 Å². The number of para-hydroxylation sites is 1. The molecule has 0 saturated heterocycles. The van der Waals surface area contributed by atoms with E-state index >= 15 is 0 Å². The molecule has 5 nitrogen and oxygen atoms in total. The minimum atomic E-state index is -0.282. The number of rotatable bonds is 4. The maximum atomic E-state index is 12.6. The quantitative estimate of drug-likeness (QED) is 0.658. The van der Waals surface area contributed by atoms with Crippen LogP contribution in [0.2, 0.25) is 0 Å². The van der Waals surface area contributed by atoms with Crippen molar-refractivity contribution >= 4 is 23.0 Å². The Balaban J connectivity index is 1.81. The fraction of sp³-hybridized carbons (Fsp3) is 0.174. The summed E-state index contributed by atoms with van der Waals surface area (Å²) < 4.78 is 0. The number of nitrogens with zero attached hydrogens (tertiary/aromatic N) is 2. The van der Waals surface area contributed by atoms with Gasteiger partial charge in [0.15, 0.2) is 0 Å². The molecule has 1 aromatic heterocycles. The number of benzene rings is 2. The molecule has 0 spiro atoms. The van der Waals surface area contributed by atoms with Gasteiger partial charge in [-0.1, -0.05) is 45.0 Å². The summed E-state index contributed by atoms with van der Waals surface area (Å²) in [6.45, 7) is 6.47. The van der Waals surface area contributed by atoms with Gasteiger partial charge in [-0.3, -0.25) is 9.78 Å². The average molecular weight is 370 g/mol. The van der Waals surface area contributed by atoms with Crippen molar-refractivity contribution in [1.29, 1.82) is 5.26 Å². The first kappa shape index (κ1) is 19.1. The third kappa shape index (κ3) is 4.54. The molecule has 1 heterocycles. The van der Waals surface area contributed by atoms with Crippen molar-refractivity contribution in [2.75, 3.05) is 10.6 Å². The van der Waals surface area contributed by atoms with Crippen LogP contribution < -0.4 is 10.6 Å². The second kappa shape index (κ2) is 7.93. The van der Waals surface area contributed by atoms with Crippen LogP contribution in [0.25, 0.3) is 0 Å². The first-order chi connectivity index (χ1) is 13.4. The molecule has 2 aromatic carbocycles. The monoisotopic (exact) mass is 370 g/mol. The van der Waals surface area contributed by atoms with Gasteiger partial charge in [0.05, 0.1) is 29.1 Å². The number of hydrogen-bond acceptors (Lipinski definition) is 4. The van der Waals surface area contributed by atoms with Gasteiger partial charge in [-0.15, -0.1) is 0 Å². The molecule has 2 N–H and O–H groups in total. The lowest BCUT2D eigenvalue weighted by atomic mass is 9.86. The molecule has 0 bridgehead atoms. The van der Waals surface area contributed by atoms with Crippen LogP contribution >= 0.6 is 0 Å². The minimum Gasteiger partial charge on any atom is -0.354 e. The number of anilines is 3. The number of nitrogens with one attached hydrogen (secondary N) is 2. The van der Waals surface area contributed by atoms with E-state index in [0.29, 0.717) is 16.8 Å². The second-order valence-electron chi connectivity index (χ2n) is 7.53. The molecule has 0 saturated carbocycles. The molecule has 0 fully saturated rings. The largest absolute Gasteiger partial charge is 0.354 e. The second-order valence-corrected chi connectivity index (χ2v) is 7.53. The summed E-state index contributed by atoms with van der Waals surface area (Å²) in [5, 5.41) is 15.2. The zero-order valence-electron chi connectivity index (χ0n) is 16.2. The van der Waals surface area contributed by atoms with Crippen molar-refractivity contribution in [3.8, 4) is 6.07 Å². The summed E-state index contributed by atoms with van der Waals surface area (Å²) in [7, 11) is 0. The summed E-state index contributed by atoms with van der Waals surface area (Å²) >= 11 is 0. The van der Waals surface area contributed by atoms with E-state index in [0.717, 1.165) is 11.4 Å².